The van der Waals surface area contributed by atoms with Gasteiger partial charge in [-0.15, -0.1) is 0 Å². The number of aliphatic hydroxyl groups is 1. The number of amides is 4. The van der Waals surface area contributed by atoms with Gasteiger partial charge in [-0.1, -0.05) is 6.07 Å². The Hall–Kier alpha value is -2.62. The highest BCUT2D eigenvalue weighted by Gasteiger charge is 2.44. The largest absolute Gasteiger partial charge is 0.395 e. The Morgan fingerprint density at radius 2 is 1.96 bits per heavy atom. The molecule has 2 aliphatic rings. The van der Waals surface area contributed by atoms with Crippen LogP contribution in [0.2, 0.25) is 0 Å². The number of benzene rings is 1. The summed E-state index contributed by atoms with van der Waals surface area (Å²) in [6, 6.07) is 3.38. The average molecular weight is 374 g/mol. The Morgan fingerprint density at radius 1 is 1.26 bits per heavy atom. The van der Waals surface area contributed by atoms with Crippen LogP contribution < -0.4 is 16.4 Å². The number of rotatable bonds is 6. The van der Waals surface area contributed by atoms with Gasteiger partial charge in [0.25, 0.3) is 11.8 Å². The molecule has 2 aliphatic heterocycles. The van der Waals surface area contributed by atoms with Crippen molar-refractivity contribution in [2.75, 3.05) is 6.61 Å². The minimum Gasteiger partial charge on any atom is -0.395 e. The maximum absolute atomic E-state index is 12.7. The van der Waals surface area contributed by atoms with Gasteiger partial charge in [0.1, 0.15) is 6.04 Å². The number of carbonyl (C=O) groups is 4. The van der Waals surface area contributed by atoms with Crippen molar-refractivity contribution in [3.05, 3.63) is 34.9 Å². The van der Waals surface area contributed by atoms with Gasteiger partial charge in [0, 0.05) is 25.0 Å². The molecular weight excluding hydrogens is 352 g/mol. The van der Waals surface area contributed by atoms with E-state index in [1.54, 1.807) is 18.2 Å². The van der Waals surface area contributed by atoms with Crippen molar-refractivity contribution in [3.63, 3.8) is 0 Å². The summed E-state index contributed by atoms with van der Waals surface area (Å²) in [6.45, 7) is 2.10. The Labute approximate surface area is 155 Å². The molecule has 27 heavy (non-hydrogen) atoms. The molecule has 5 N–H and O–H groups in total. The number of piperidine rings is 1. The fourth-order valence-electron chi connectivity index (χ4n) is 3.22. The third-order valence-corrected chi connectivity index (χ3v) is 4.99. The van der Waals surface area contributed by atoms with Crippen LogP contribution in [0.3, 0.4) is 0 Å². The molecule has 0 bridgehead atoms. The lowest BCUT2D eigenvalue weighted by Crippen LogP contribution is -2.54. The number of nitrogens with two attached hydrogens (primary N) is 1. The number of fused-ring (bicyclic) bond motifs is 1. The second-order valence-electron chi connectivity index (χ2n) is 6.84. The number of hydrogen-bond donors (Lipinski definition) is 4. The van der Waals surface area contributed by atoms with Crippen LogP contribution in [0, 0.1) is 0 Å². The van der Waals surface area contributed by atoms with Crippen molar-refractivity contribution in [1.82, 2.24) is 15.5 Å². The lowest BCUT2D eigenvalue weighted by atomic mass is 10.0. The molecule has 3 rings (SSSR count). The number of carbonyl (C=O) groups excluding carboxylic acids is 4. The van der Waals surface area contributed by atoms with Gasteiger partial charge in [0.2, 0.25) is 11.8 Å². The molecule has 9 heteroatoms. The van der Waals surface area contributed by atoms with Gasteiger partial charge < -0.3 is 16.2 Å². The Kier molecular flexibility index (Phi) is 5.36. The van der Waals surface area contributed by atoms with Crippen LogP contribution in [0.1, 0.15) is 46.0 Å². The second kappa shape index (κ2) is 7.55. The molecule has 9 nitrogen and oxygen atoms in total. The zero-order chi connectivity index (χ0) is 19.7. The normalized spacial score (nSPS) is 21.9. The van der Waals surface area contributed by atoms with E-state index in [9.17, 15) is 19.2 Å². The predicted octanol–water partition coefficient (Wildman–Crippen LogP) is -1.11. The first-order valence-corrected chi connectivity index (χ1v) is 8.77. The van der Waals surface area contributed by atoms with E-state index in [1.807, 2.05) is 6.92 Å². The van der Waals surface area contributed by atoms with E-state index < -0.39 is 35.7 Å². The molecule has 0 radical (unpaired) electrons. The van der Waals surface area contributed by atoms with Gasteiger partial charge >= 0.3 is 0 Å². The third-order valence-electron chi connectivity index (χ3n) is 4.99. The fraction of sp³-hybridized carbons (Fsp3) is 0.444. The molecule has 0 spiro atoms. The maximum atomic E-state index is 12.7. The topological polar surface area (TPSA) is 142 Å². The first kappa shape index (κ1) is 19.2. The van der Waals surface area contributed by atoms with Gasteiger partial charge in [-0.2, -0.15) is 0 Å². The third kappa shape index (κ3) is 3.61. The number of imide groups is 2. The number of nitrogens with zero attached hydrogens (tertiary/aromatic N) is 1. The summed E-state index contributed by atoms with van der Waals surface area (Å²) in [6.07, 6.45) is 0.211. The first-order valence-electron chi connectivity index (χ1n) is 8.77. The lowest BCUT2D eigenvalue weighted by molar-refractivity contribution is -0.136. The molecule has 2 heterocycles. The lowest BCUT2D eigenvalue weighted by Gasteiger charge is -2.27. The summed E-state index contributed by atoms with van der Waals surface area (Å²) in [7, 11) is 0. The number of aliphatic hydroxyl groups excluding tert-OH is 1. The van der Waals surface area contributed by atoms with E-state index in [0.717, 1.165) is 10.5 Å². The Balaban J connectivity index is 1.76. The minimum absolute atomic E-state index is 0.0853. The van der Waals surface area contributed by atoms with Crippen LogP contribution in [0.15, 0.2) is 18.2 Å². The van der Waals surface area contributed by atoms with Crippen LogP contribution in [0.4, 0.5) is 0 Å². The van der Waals surface area contributed by atoms with Gasteiger partial charge in [0.05, 0.1) is 17.7 Å². The van der Waals surface area contributed by atoms with E-state index >= 15 is 0 Å². The van der Waals surface area contributed by atoms with Crippen LogP contribution in [0.5, 0.6) is 0 Å². The SMILES string of the molecule is C[C@H](NCc1ccc2c(c1)C(=O)N(C1CCC(=O)NC1=O)C2=O)[C@H](N)CO. The zero-order valence-electron chi connectivity index (χ0n) is 14.9. The quantitative estimate of drug-likeness (QED) is 0.462. The van der Waals surface area contributed by atoms with E-state index in [4.69, 9.17) is 10.8 Å². The molecule has 0 aromatic heterocycles. The average Bonchev–Trinajstić information content (AvgIpc) is 2.90. The van der Waals surface area contributed by atoms with Crippen molar-refractivity contribution in [3.8, 4) is 0 Å². The molecule has 1 aromatic rings. The van der Waals surface area contributed by atoms with E-state index in [-0.39, 0.29) is 36.6 Å². The molecule has 3 atom stereocenters. The summed E-state index contributed by atoms with van der Waals surface area (Å²) in [5, 5.41) is 14.4. The highest BCUT2D eigenvalue weighted by Crippen LogP contribution is 2.28. The molecule has 1 aromatic carbocycles. The summed E-state index contributed by atoms with van der Waals surface area (Å²) in [5.41, 5.74) is 7.01. The standard InChI is InChI=1S/C18H22N4O5/c1-9(13(19)8-23)20-7-10-2-3-11-12(6-10)18(27)22(17(11)26)14-4-5-15(24)21-16(14)25/h2-3,6,9,13-14,20,23H,4-5,7-8,19H2,1H3,(H,21,24,25)/t9-,13+,14?/m0/s1. The first-order chi connectivity index (χ1) is 12.8. The maximum Gasteiger partial charge on any atom is 0.262 e. The fourth-order valence-corrected chi connectivity index (χ4v) is 3.22. The van der Waals surface area contributed by atoms with Gasteiger partial charge in [-0.3, -0.25) is 29.4 Å². The molecule has 4 amide bonds. The molecule has 1 unspecified atom stereocenters. The molecule has 144 valence electrons. The molecule has 0 saturated carbocycles. The molecule has 1 fully saturated rings. The minimum atomic E-state index is -0.973. The van der Waals surface area contributed by atoms with Crippen LogP contribution in [-0.4, -0.2) is 58.4 Å². The molecule has 0 aliphatic carbocycles. The summed E-state index contributed by atoms with van der Waals surface area (Å²) < 4.78 is 0. The van der Waals surface area contributed by atoms with Crippen LogP contribution >= 0.6 is 0 Å². The highest BCUT2D eigenvalue weighted by molar-refractivity contribution is 6.23. The van der Waals surface area contributed by atoms with Crippen molar-refractivity contribution < 1.29 is 24.3 Å². The summed E-state index contributed by atoms with van der Waals surface area (Å²) in [4.78, 5) is 49.7. The van der Waals surface area contributed by atoms with E-state index in [2.05, 4.69) is 10.6 Å². The summed E-state index contributed by atoms with van der Waals surface area (Å²) in [5.74, 6) is -2.10. The van der Waals surface area contributed by atoms with Crippen LogP contribution in [0.25, 0.3) is 0 Å². The van der Waals surface area contributed by atoms with Crippen molar-refractivity contribution in [2.24, 2.45) is 5.73 Å². The molecule has 1 saturated heterocycles. The van der Waals surface area contributed by atoms with Gasteiger partial charge in [0.15, 0.2) is 0 Å². The number of nitrogens with one attached hydrogen (secondary N) is 2. The summed E-state index contributed by atoms with van der Waals surface area (Å²) >= 11 is 0. The van der Waals surface area contributed by atoms with E-state index in [0.29, 0.717) is 6.54 Å². The van der Waals surface area contributed by atoms with E-state index in [1.165, 1.54) is 0 Å². The Morgan fingerprint density at radius 3 is 2.63 bits per heavy atom. The van der Waals surface area contributed by atoms with Gasteiger partial charge in [-0.25, -0.2) is 0 Å². The second-order valence-corrected chi connectivity index (χ2v) is 6.84. The zero-order valence-corrected chi connectivity index (χ0v) is 14.9. The predicted molar refractivity (Wildman–Crippen MR) is 94.5 cm³/mol. The Bertz CT molecular complexity index is 809. The van der Waals surface area contributed by atoms with Gasteiger partial charge in [-0.05, 0) is 31.0 Å². The molecular formula is C18H22N4O5. The van der Waals surface area contributed by atoms with Crippen molar-refractivity contribution in [1.29, 1.82) is 0 Å². The monoisotopic (exact) mass is 374 g/mol. The van der Waals surface area contributed by atoms with Crippen LogP contribution in [-0.2, 0) is 16.1 Å². The smallest absolute Gasteiger partial charge is 0.262 e. The highest BCUT2D eigenvalue weighted by atomic mass is 16.3. The van der Waals surface area contributed by atoms with Crippen molar-refractivity contribution >= 4 is 23.6 Å². The van der Waals surface area contributed by atoms with Crippen molar-refractivity contribution in [2.45, 2.75) is 44.4 Å². The number of hydrogen-bond acceptors (Lipinski definition) is 7.